The first-order valence-electron chi connectivity index (χ1n) is 10.4. The second-order valence-electron chi connectivity index (χ2n) is 8.21. The van der Waals surface area contributed by atoms with E-state index in [0.717, 1.165) is 50.0 Å². The number of rotatable bonds is 6. The fourth-order valence-electron chi connectivity index (χ4n) is 4.26. The summed E-state index contributed by atoms with van der Waals surface area (Å²) in [7, 11) is -3.11. The summed E-state index contributed by atoms with van der Waals surface area (Å²) in [6, 6.07) is 16.5. The summed E-state index contributed by atoms with van der Waals surface area (Å²) < 4.78 is 37.6. The molecular formula is C23H29NO4S. The van der Waals surface area contributed by atoms with Gasteiger partial charge in [-0.1, -0.05) is 30.3 Å². The van der Waals surface area contributed by atoms with Crippen molar-refractivity contribution in [1.29, 1.82) is 0 Å². The van der Waals surface area contributed by atoms with Crippen molar-refractivity contribution in [3.05, 3.63) is 59.7 Å². The van der Waals surface area contributed by atoms with E-state index >= 15 is 0 Å². The molecule has 6 heteroatoms. The average Bonchev–Trinajstić information content (AvgIpc) is 2.73. The van der Waals surface area contributed by atoms with Gasteiger partial charge in [-0.3, -0.25) is 0 Å². The highest BCUT2D eigenvalue weighted by atomic mass is 32.2. The zero-order valence-electron chi connectivity index (χ0n) is 16.8. The molecule has 1 unspecified atom stereocenters. The first-order valence-corrected chi connectivity index (χ1v) is 12.3. The Bertz CT molecular complexity index is 921. The van der Waals surface area contributed by atoms with E-state index in [1.54, 1.807) is 0 Å². The Balaban J connectivity index is 1.30. The van der Waals surface area contributed by atoms with Crippen LogP contribution in [0.3, 0.4) is 0 Å². The molecule has 0 saturated heterocycles. The van der Waals surface area contributed by atoms with Crippen molar-refractivity contribution >= 4 is 10.0 Å². The molecule has 1 heterocycles. The van der Waals surface area contributed by atoms with Gasteiger partial charge in [0.15, 0.2) is 0 Å². The van der Waals surface area contributed by atoms with Crippen LogP contribution in [0, 0.1) is 5.92 Å². The molecule has 156 valence electrons. The monoisotopic (exact) mass is 415 g/mol. The molecule has 29 heavy (non-hydrogen) atoms. The highest BCUT2D eigenvalue weighted by Crippen LogP contribution is 2.37. The van der Waals surface area contributed by atoms with Crippen LogP contribution in [0.15, 0.2) is 48.5 Å². The fourth-order valence-corrected chi connectivity index (χ4v) is 4.79. The molecule has 2 aromatic rings. The molecule has 1 fully saturated rings. The lowest BCUT2D eigenvalue weighted by Gasteiger charge is -2.30. The number of ether oxygens (including phenoxy) is 2. The van der Waals surface area contributed by atoms with Crippen molar-refractivity contribution in [3.63, 3.8) is 0 Å². The SMILES string of the molecule is CS(=O)(=O)NC[C@H]1CC[C@@H](Oc2ccc3c(c2)CCC(c2ccccc2)O3)CC1. The first-order chi connectivity index (χ1) is 14.0. The summed E-state index contributed by atoms with van der Waals surface area (Å²) in [5, 5.41) is 0. The average molecular weight is 416 g/mol. The zero-order chi connectivity index (χ0) is 20.3. The van der Waals surface area contributed by atoms with Gasteiger partial charge in [0.1, 0.15) is 17.6 Å². The van der Waals surface area contributed by atoms with Gasteiger partial charge in [-0.25, -0.2) is 13.1 Å². The van der Waals surface area contributed by atoms with Gasteiger partial charge in [-0.05, 0) is 73.8 Å². The van der Waals surface area contributed by atoms with E-state index in [1.165, 1.54) is 17.4 Å². The third-order valence-electron chi connectivity index (χ3n) is 5.88. The van der Waals surface area contributed by atoms with Gasteiger partial charge in [0.2, 0.25) is 10.0 Å². The molecule has 0 spiro atoms. The molecule has 0 radical (unpaired) electrons. The minimum Gasteiger partial charge on any atom is -0.490 e. The van der Waals surface area contributed by atoms with Gasteiger partial charge in [-0.15, -0.1) is 0 Å². The van der Waals surface area contributed by atoms with Gasteiger partial charge in [0, 0.05) is 6.54 Å². The van der Waals surface area contributed by atoms with Crippen molar-refractivity contribution in [2.45, 2.75) is 50.7 Å². The minimum absolute atomic E-state index is 0.117. The predicted molar refractivity (Wildman–Crippen MR) is 114 cm³/mol. The maximum absolute atomic E-state index is 11.3. The second kappa shape index (κ2) is 8.76. The molecule has 1 aliphatic carbocycles. The molecule has 0 aromatic heterocycles. The van der Waals surface area contributed by atoms with Crippen molar-refractivity contribution in [1.82, 2.24) is 4.72 Å². The number of fused-ring (bicyclic) bond motifs is 1. The number of sulfonamides is 1. The molecule has 0 amide bonds. The van der Waals surface area contributed by atoms with Crippen molar-refractivity contribution in [3.8, 4) is 11.5 Å². The quantitative estimate of drug-likeness (QED) is 0.766. The number of nitrogens with one attached hydrogen (secondary N) is 1. The lowest BCUT2D eigenvalue weighted by Crippen LogP contribution is -2.32. The van der Waals surface area contributed by atoms with Gasteiger partial charge in [-0.2, -0.15) is 0 Å². The largest absolute Gasteiger partial charge is 0.490 e. The van der Waals surface area contributed by atoms with Crippen LogP contribution in [-0.4, -0.2) is 27.3 Å². The Hall–Kier alpha value is -2.05. The maximum atomic E-state index is 11.3. The summed E-state index contributed by atoms with van der Waals surface area (Å²) >= 11 is 0. The molecule has 1 aliphatic heterocycles. The first kappa shape index (κ1) is 20.2. The highest BCUT2D eigenvalue weighted by molar-refractivity contribution is 7.88. The molecule has 1 atom stereocenters. The topological polar surface area (TPSA) is 64.6 Å². The summed E-state index contributed by atoms with van der Waals surface area (Å²) in [4.78, 5) is 0. The van der Waals surface area contributed by atoms with Crippen molar-refractivity contribution < 1.29 is 17.9 Å². The van der Waals surface area contributed by atoms with Crippen LogP contribution in [0.4, 0.5) is 0 Å². The Morgan fingerprint density at radius 3 is 2.52 bits per heavy atom. The Morgan fingerprint density at radius 1 is 1.03 bits per heavy atom. The smallest absolute Gasteiger partial charge is 0.208 e. The highest BCUT2D eigenvalue weighted by Gasteiger charge is 2.25. The van der Waals surface area contributed by atoms with Crippen LogP contribution < -0.4 is 14.2 Å². The summed E-state index contributed by atoms with van der Waals surface area (Å²) in [5.41, 5.74) is 2.43. The van der Waals surface area contributed by atoms with E-state index in [-0.39, 0.29) is 12.2 Å². The van der Waals surface area contributed by atoms with Crippen LogP contribution in [0.5, 0.6) is 11.5 Å². The lowest BCUT2D eigenvalue weighted by atomic mass is 9.87. The molecule has 2 aromatic carbocycles. The standard InChI is InChI=1S/C23H29NO4S/c1-29(25,26)24-16-17-7-10-20(11-8-17)27-21-12-14-23-19(15-21)9-13-22(28-23)18-5-3-2-4-6-18/h2-6,12,14-15,17,20,22,24H,7-11,13,16H2,1H3/t17-,20+,22?. The maximum Gasteiger partial charge on any atom is 0.208 e. The molecule has 2 aliphatic rings. The van der Waals surface area contributed by atoms with Crippen LogP contribution in [0.1, 0.15) is 49.3 Å². The van der Waals surface area contributed by atoms with Gasteiger partial charge >= 0.3 is 0 Å². The number of hydrogen-bond acceptors (Lipinski definition) is 4. The molecule has 1 N–H and O–H groups in total. The Kier molecular flexibility index (Phi) is 6.11. The summed E-state index contributed by atoms with van der Waals surface area (Å²) in [5.74, 6) is 2.26. The van der Waals surface area contributed by atoms with Gasteiger partial charge in [0.25, 0.3) is 0 Å². The molecule has 4 rings (SSSR count). The van der Waals surface area contributed by atoms with Crippen molar-refractivity contribution in [2.24, 2.45) is 5.92 Å². The molecular weight excluding hydrogens is 386 g/mol. The van der Waals surface area contributed by atoms with Crippen molar-refractivity contribution in [2.75, 3.05) is 12.8 Å². The molecule has 0 bridgehead atoms. The second-order valence-corrected chi connectivity index (χ2v) is 10.0. The molecule has 5 nitrogen and oxygen atoms in total. The van der Waals surface area contributed by atoms with Crippen LogP contribution >= 0.6 is 0 Å². The van der Waals surface area contributed by atoms with E-state index in [0.29, 0.717) is 12.5 Å². The van der Waals surface area contributed by atoms with E-state index in [1.807, 2.05) is 18.2 Å². The van der Waals surface area contributed by atoms with E-state index < -0.39 is 10.0 Å². The number of benzene rings is 2. The third-order valence-corrected chi connectivity index (χ3v) is 6.57. The van der Waals surface area contributed by atoms with E-state index in [2.05, 4.69) is 35.1 Å². The minimum atomic E-state index is -3.11. The van der Waals surface area contributed by atoms with E-state index in [9.17, 15) is 8.42 Å². The van der Waals surface area contributed by atoms with Crippen LogP contribution in [0.2, 0.25) is 0 Å². The Labute approximate surface area is 173 Å². The fraction of sp³-hybridized carbons (Fsp3) is 0.478. The predicted octanol–water partition coefficient (Wildman–Crippen LogP) is 4.24. The summed E-state index contributed by atoms with van der Waals surface area (Å²) in [6.45, 7) is 0.532. The zero-order valence-corrected chi connectivity index (χ0v) is 17.7. The Morgan fingerprint density at radius 2 is 1.79 bits per heavy atom. The lowest BCUT2D eigenvalue weighted by molar-refractivity contribution is 0.131. The van der Waals surface area contributed by atoms with Gasteiger partial charge < -0.3 is 9.47 Å². The number of hydrogen-bond donors (Lipinski definition) is 1. The third kappa shape index (κ3) is 5.52. The normalized spacial score (nSPS) is 24.4. The van der Waals surface area contributed by atoms with E-state index in [4.69, 9.17) is 9.47 Å². The number of aryl methyl sites for hydroxylation is 1. The van der Waals surface area contributed by atoms with Crippen LogP contribution in [-0.2, 0) is 16.4 Å². The summed E-state index contributed by atoms with van der Waals surface area (Å²) in [6.07, 6.45) is 7.37. The van der Waals surface area contributed by atoms with Crippen LogP contribution in [0.25, 0.3) is 0 Å². The molecule has 1 saturated carbocycles. The van der Waals surface area contributed by atoms with Gasteiger partial charge in [0.05, 0.1) is 12.4 Å².